The van der Waals surface area contributed by atoms with Gasteiger partial charge in [-0.2, -0.15) is 0 Å². The summed E-state index contributed by atoms with van der Waals surface area (Å²) in [4.78, 5) is 0. The van der Waals surface area contributed by atoms with Crippen molar-refractivity contribution in [1.29, 1.82) is 0 Å². The number of hydrogen-bond acceptors (Lipinski definition) is 1. The van der Waals surface area contributed by atoms with Crippen molar-refractivity contribution in [2.45, 2.75) is 117 Å². The lowest BCUT2D eigenvalue weighted by Crippen LogP contribution is -2.25. The van der Waals surface area contributed by atoms with E-state index in [4.69, 9.17) is 0 Å². The van der Waals surface area contributed by atoms with E-state index in [2.05, 4.69) is 33.0 Å². The molecule has 0 aliphatic rings. The van der Waals surface area contributed by atoms with Gasteiger partial charge in [0, 0.05) is 6.04 Å². The van der Waals surface area contributed by atoms with Crippen LogP contribution < -0.4 is 5.32 Å². The molecule has 1 N–H and O–H groups in total. The molecule has 128 valence electrons. The van der Waals surface area contributed by atoms with Crippen LogP contribution in [0, 0.1) is 5.92 Å². The summed E-state index contributed by atoms with van der Waals surface area (Å²) in [6, 6.07) is 0.714. The Kier molecular flexibility index (Phi) is 16.3. The van der Waals surface area contributed by atoms with Gasteiger partial charge in [0.1, 0.15) is 0 Å². The Hall–Kier alpha value is -0.0400. The SMILES string of the molecule is CCNC(C)CCCCCCCCCCCCCC(C)C. The lowest BCUT2D eigenvalue weighted by Gasteiger charge is -2.11. The highest BCUT2D eigenvalue weighted by atomic mass is 14.9. The van der Waals surface area contributed by atoms with Crippen LogP contribution in [0.2, 0.25) is 0 Å². The summed E-state index contributed by atoms with van der Waals surface area (Å²) in [5.74, 6) is 0.894. The first kappa shape index (κ1) is 21.0. The van der Waals surface area contributed by atoms with E-state index < -0.39 is 0 Å². The van der Waals surface area contributed by atoms with E-state index >= 15 is 0 Å². The smallest absolute Gasteiger partial charge is 0.00386 e. The number of hydrogen-bond donors (Lipinski definition) is 1. The molecule has 0 heterocycles. The molecule has 0 spiro atoms. The van der Waals surface area contributed by atoms with E-state index in [-0.39, 0.29) is 0 Å². The molecule has 1 nitrogen and oxygen atoms in total. The van der Waals surface area contributed by atoms with Gasteiger partial charge in [-0.3, -0.25) is 0 Å². The normalized spacial score (nSPS) is 13.0. The third-order valence-corrected chi connectivity index (χ3v) is 4.47. The Labute approximate surface area is 135 Å². The third-order valence-electron chi connectivity index (χ3n) is 4.47. The summed E-state index contributed by atoms with van der Waals surface area (Å²) >= 11 is 0. The van der Waals surface area contributed by atoms with Crippen LogP contribution in [-0.4, -0.2) is 12.6 Å². The molecule has 1 atom stereocenters. The van der Waals surface area contributed by atoms with E-state index in [0.717, 1.165) is 12.5 Å². The molecule has 21 heavy (non-hydrogen) atoms. The summed E-state index contributed by atoms with van der Waals surface area (Å²) in [6.45, 7) is 10.3. The maximum atomic E-state index is 3.49. The highest BCUT2D eigenvalue weighted by Crippen LogP contribution is 2.14. The van der Waals surface area contributed by atoms with Crippen LogP contribution in [0.3, 0.4) is 0 Å². The number of unbranched alkanes of at least 4 members (excludes halogenated alkanes) is 10. The highest BCUT2D eigenvalue weighted by Gasteiger charge is 1.99. The van der Waals surface area contributed by atoms with Gasteiger partial charge < -0.3 is 5.32 Å². The fourth-order valence-electron chi connectivity index (χ4n) is 3.04. The molecule has 1 heteroatoms. The fraction of sp³-hybridized carbons (Fsp3) is 1.00. The zero-order valence-corrected chi connectivity index (χ0v) is 15.6. The second-order valence-electron chi connectivity index (χ2n) is 7.32. The van der Waals surface area contributed by atoms with E-state index in [9.17, 15) is 0 Å². The molecule has 0 amide bonds. The molecule has 0 rings (SSSR count). The lowest BCUT2D eigenvalue weighted by molar-refractivity contribution is 0.482. The minimum atomic E-state index is 0.714. The molecule has 0 bridgehead atoms. The zero-order valence-electron chi connectivity index (χ0n) is 15.6. The Bertz CT molecular complexity index is 188. The summed E-state index contributed by atoms with van der Waals surface area (Å²) in [7, 11) is 0. The predicted octanol–water partition coefficient (Wildman–Crippen LogP) is 6.71. The second kappa shape index (κ2) is 16.3. The second-order valence-corrected chi connectivity index (χ2v) is 7.32. The summed E-state index contributed by atoms with van der Waals surface area (Å²) in [5.41, 5.74) is 0. The Morgan fingerprint density at radius 2 is 0.952 bits per heavy atom. The van der Waals surface area contributed by atoms with Gasteiger partial charge in [-0.1, -0.05) is 97.8 Å². The van der Waals surface area contributed by atoms with Crippen LogP contribution in [0.15, 0.2) is 0 Å². The van der Waals surface area contributed by atoms with E-state index in [0.29, 0.717) is 6.04 Å². The first-order chi connectivity index (χ1) is 10.2. The molecule has 0 aliphatic heterocycles. The van der Waals surface area contributed by atoms with E-state index in [1.54, 1.807) is 0 Å². The van der Waals surface area contributed by atoms with Gasteiger partial charge in [0.25, 0.3) is 0 Å². The van der Waals surface area contributed by atoms with Crippen LogP contribution >= 0.6 is 0 Å². The maximum Gasteiger partial charge on any atom is 0.00386 e. The summed E-state index contributed by atoms with van der Waals surface area (Å²) < 4.78 is 0. The minimum absolute atomic E-state index is 0.714. The van der Waals surface area contributed by atoms with Crippen LogP contribution in [0.25, 0.3) is 0 Å². The minimum Gasteiger partial charge on any atom is -0.315 e. The van der Waals surface area contributed by atoms with Crippen molar-refractivity contribution in [3.63, 3.8) is 0 Å². The van der Waals surface area contributed by atoms with Crippen molar-refractivity contribution in [1.82, 2.24) is 5.32 Å². The summed E-state index contributed by atoms with van der Waals surface area (Å²) in [6.07, 6.45) is 18.8. The molecule has 0 aromatic carbocycles. The Morgan fingerprint density at radius 1 is 0.571 bits per heavy atom. The van der Waals surface area contributed by atoms with Crippen molar-refractivity contribution in [2.75, 3.05) is 6.54 Å². The van der Waals surface area contributed by atoms with Crippen LogP contribution in [0.1, 0.15) is 111 Å². The van der Waals surface area contributed by atoms with Gasteiger partial charge in [0.2, 0.25) is 0 Å². The van der Waals surface area contributed by atoms with Gasteiger partial charge in [-0.15, -0.1) is 0 Å². The third kappa shape index (κ3) is 17.9. The molecule has 1 unspecified atom stereocenters. The molecule has 0 fully saturated rings. The van der Waals surface area contributed by atoms with Crippen molar-refractivity contribution in [3.05, 3.63) is 0 Å². The van der Waals surface area contributed by atoms with Gasteiger partial charge in [0.15, 0.2) is 0 Å². The number of rotatable bonds is 16. The van der Waals surface area contributed by atoms with Crippen molar-refractivity contribution >= 4 is 0 Å². The largest absolute Gasteiger partial charge is 0.315 e. The van der Waals surface area contributed by atoms with E-state index in [1.165, 1.54) is 83.5 Å². The molecular weight excluding hydrogens is 254 g/mol. The predicted molar refractivity (Wildman–Crippen MR) is 98.0 cm³/mol. The molecule has 0 saturated heterocycles. The van der Waals surface area contributed by atoms with Gasteiger partial charge in [-0.25, -0.2) is 0 Å². The van der Waals surface area contributed by atoms with Gasteiger partial charge >= 0.3 is 0 Å². The molecule has 0 aliphatic carbocycles. The van der Waals surface area contributed by atoms with Crippen LogP contribution in [-0.2, 0) is 0 Å². The van der Waals surface area contributed by atoms with Crippen molar-refractivity contribution < 1.29 is 0 Å². The van der Waals surface area contributed by atoms with E-state index in [1.807, 2.05) is 0 Å². The van der Waals surface area contributed by atoms with Crippen LogP contribution in [0.4, 0.5) is 0 Å². The Balaban J connectivity index is 3.02. The molecule has 0 radical (unpaired) electrons. The Morgan fingerprint density at radius 3 is 1.33 bits per heavy atom. The molecule has 0 aromatic rings. The van der Waals surface area contributed by atoms with Gasteiger partial charge in [0.05, 0.1) is 0 Å². The highest BCUT2D eigenvalue weighted by molar-refractivity contribution is 4.59. The fourth-order valence-corrected chi connectivity index (χ4v) is 3.04. The summed E-state index contributed by atoms with van der Waals surface area (Å²) in [5, 5.41) is 3.49. The molecule has 0 saturated carbocycles. The van der Waals surface area contributed by atoms with Gasteiger partial charge in [-0.05, 0) is 25.8 Å². The maximum absolute atomic E-state index is 3.49. The van der Waals surface area contributed by atoms with Crippen LogP contribution in [0.5, 0.6) is 0 Å². The lowest BCUT2D eigenvalue weighted by atomic mass is 10.0. The monoisotopic (exact) mass is 297 g/mol. The average molecular weight is 298 g/mol. The van der Waals surface area contributed by atoms with Crippen molar-refractivity contribution in [2.24, 2.45) is 5.92 Å². The van der Waals surface area contributed by atoms with Crippen molar-refractivity contribution in [3.8, 4) is 0 Å². The average Bonchev–Trinajstić information content (AvgIpc) is 2.44. The molecular formula is C20H43N. The number of nitrogens with one attached hydrogen (secondary N) is 1. The topological polar surface area (TPSA) is 12.0 Å². The quantitative estimate of drug-likeness (QED) is 0.312. The zero-order chi connectivity index (χ0) is 15.8. The first-order valence-corrected chi connectivity index (χ1v) is 9.90. The standard InChI is InChI=1S/C20H43N/c1-5-21-20(4)18-16-14-12-10-8-6-7-9-11-13-15-17-19(2)3/h19-21H,5-18H2,1-4H3. The molecule has 0 aromatic heterocycles. The first-order valence-electron chi connectivity index (χ1n) is 9.90.